The quantitative estimate of drug-likeness (QED) is 0.913. The second-order valence-corrected chi connectivity index (χ2v) is 7.46. The van der Waals surface area contributed by atoms with Crippen molar-refractivity contribution in [1.82, 2.24) is 15.1 Å². The number of nitrogens with zero attached hydrogens (tertiary/aromatic N) is 2. The van der Waals surface area contributed by atoms with Crippen molar-refractivity contribution in [3.63, 3.8) is 0 Å². The number of fused-ring (bicyclic) bond motifs is 1. The van der Waals surface area contributed by atoms with Gasteiger partial charge in [0.15, 0.2) is 0 Å². The number of carbonyl (C=O) groups is 1. The van der Waals surface area contributed by atoms with E-state index in [1.54, 1.807) is 0 Å². The average molecular weight is 321 g/mol. The summed E-state index contributed by atoms with van der Waals surface area (Å²) >= 11 is 1.47. The number of aromatic nitrogens is 2. The minimum Gasteiger partial charge on any atom is -0.391 e. The van der Waals surface area contributed by atoms with Crippen molar-refractivity contribution in [2.75, 3.05) is 0 Å². The predicted octanol–water partition coefficient (Wildman–Crippen LogP) is 2.79. The topological polar surface area (TPSA) is 67.2 Å². The van der Waals surface area contributed by atoms with Crippen LogP contribution in [-0.4, -0.2) is 32.9 Å². The summed E-state index contributed by atoms with van der Waals surface area (Å²) in [5.74, 6) is 0.247. The molecule has 0 spiro atoms. The van der Waals surface area contributed by atoms with Crippen LogP contribution in [0.5, 0.6) is 0 Å². The van der Waals surface area contributed by atoms with E-state index in [4.69, 9.17) is 0 Å². The Bertz CT molecular complexity index is 689. The van der Waals surface area contributed by atoms with Gasteiger partial charge in [-0.3, -0.25) is 9.48 Å². The van der Waals surface area contributed by atoms with Gasteiger partial charge in [0.05, 0.1) is 22.7 Å². The van der Waals surface area contributed by atoms with Gasteiger partial charge in [-0.15, -0.1) is 11.3 Å². The lowest BCUT2D eigenvalue weighted by molar-refractivity contribution is 0.0720. The summed E-state index contributed by atoms with van der Waals surface area (Å²) in [7, 11) is 1.91. The molecule has 0 aromatic carbocycles. The van der Waals surface area contributed by atoms with E-state index >= 15 is 0 Å². The maximum absolute atomic E-state index is 12.5. The number of aliphatic hydroxyl groups excluding tert-OH is 1. The molecule has 2 N–H and O–H groups in total. The molecular formula is C16H23N3O2S. The van der Waals surface area contributed by atoms with Crippen molar-refractivity contribution in [2.45, 2.75) is 57.6 Å². The van der Waals surface area contributed by atoms with Crippen LogP contribution in [0.4, 0.5) is 0 Å². The monoisotopic (exact) mass is 321 g/mol. The summed E-state index contributed by atoms with van der Waals surface area (Å²) < 4.78 is 1.85. The van der Waals surface area contributed by atoms with Crippen LogP contribution < -0.4 is 5.32 Å². The van der Waals surface area contributed by atoms with Crippen LogP contribution in [0.1, 0.15) is 60.8 Å². The molecule has 3 rings (SSSR count). The van der Waals surface area contributed by atoms with Crippen molar-refractivity contribution >= 4 is 27.5 Å². The summed E-state index contributed by atoms with van der Waals surface area (Å²) in [5, 5.41) is 18.6. The molecule has 22 heavy (non-hydrogen) atoms. The van der Waals surface area contributed by atoms with E-state index < -0.39 is 6.10 Å². The van der Waals surface area contributed by atoms with Gasteiger partial charge in [0.1, 0.15) is 4.83 Å². The first-order valence-electron chi connectivity index (χ1n) is 7.92. The molecule has 2 aromatic rings. The minimum atomic E-state index is -0.417. The van der Waals surface area contributed by atoms with Crippen LogP contribution in [0.2, 0.25) is 0 Å². The number of hydrogen-bond donors (Lipinski definition) is 2. The van der Waals surface area contributed by atoms with E-state index in [-0.39, 0.29) is 11.9 Å². The molecule has 1 aliphatic rings. The van der Waals surface area contributed by atoms with E-state index in [0.29, 0.717) is 10.8 Å². The summed E-state index contributed by atoms with van der Waals surface area (Å²) in [6, 6.07) is 1.82. The molecule has 0 aliphatic heterocycles. The Morgan fingerprint density at radius 3 is 2.86 bits per heavy atom. The second-order valence-electron chi connectivity index (χ2n) is 6.42. The largest absolute Gasteiger partial charge is 0.391 e. The van der Waals surface area contributed by atoms with Gasteiger partial charge in [0.2, 0.25) is 0 Å². The van der Waals surface area contributed by atoms with Gasteiger partial charge in [-0.25, -0.2) is 0 Å². The molecule has 2 atom stereocenters. The fourth-order valence-electron chi connectivity index (χ4n) is 3.12. The van der Waals surface area contributed by atoms with Gasteiger partial charge < -0.3 is 10.4 Å². The Kier molecular flexibility index (Phi) is 4.23. The third-order valence-corrected chi connectivity index (χ3v) is 5.56. The maximum atomic E-state index is 12.5. The van der Waals surface area contributed by atoms with E-state index in [9.17, 15) is 9.90 Å². The molecule has 1 saturated carbocycles. The highest BCUT2D eigenvalue weighted by Crippen LogP contribution is 2.31. The van der Waals surface area contributed by atoms with E-state index in [1.807, 2.05) is 17.8 Å². The number of rotatable bonds is 3. The number of aryl methyl sites for hydroxylation is 1. The highest BCUT2D eigenvalue weighted by molar-refractivity contribution is 7.20. The average Bonchev–Trinajstić information content (AvgIpc) is 3.02. The van der Waals surface area contributed by atoms with Crippen molar-refractivity contribution < 1.29 is 9.90 Å². The number of carbonyl (C=O) groups excluding carboxylic acids is 1. The first-order chi connectivity index (χ1) is 10.5. The highest BCUT2D eigenvalue weighted by atomic mass is 32.1. The van der Waals surface area contributed by atoms with Crippen molar-refractivity contribution in [1.29, 1.82) is 0 Å². The van der Waals surface area contributed by atoms with Crippen LogP contribution in [0.3, 0.4) is 0 Å². The predicted molar refractivity (Wildman–Crippen MR) is 88.4 cm³/mol. The maximum Gasteiger partial charge on any atom is 0.261 e. The van der Waals surface area contributed by atoms with Gasteiger partial charge in [-0.2, -0.15) is 5.10 Å². The summed E-state index contributed by atoms with van der Waals surface area (Å²) in [6.07, 6.45) is 3.32. The normalized spacial score (nSPS) is 22.4. The standard InChI is InChI=1S/C16H23N3O2S/c1-9(2)14-10-8-13(22-16(10)19(3)18-14)15(21)17-11-6-4-5-7-12(11)20/h8-9,11-12,20H,4-7H2,1-3H3,(H,17,21)/t11-,12-/m0/s1. The molecule has 0 unspecified atom stereocenters. The third-order valence-electron chi connectivity index (χ3n) is 4.36. The van der Waals surface area contributed by atoms with Crippen LogP contribution in [0.25, 0.3) is 10.2 Å². The smallest absolute Gasteiger partial charge is 0.261 e. The minimum absolute atomic E-state index is 0.0816. The Morgan fingerprint density at radius 1 is 1.45 bits per heavy atom. The molecule has 1 amide bonds. The zero-order valence-corrected chi connectivity index (χ0v) is 14.1. The molecule has 0 saturated heterocycles. The van der Waals surface area contributed by atoms with Crippen molar-refractivity contribution in [3.05, 3.63) is 16.6 Å². The van der Waals surface area contributed by atoms with Crippen molar-refractivity contribution in [2.24, 2.45) is 7.05 Å². The molecular weight excluding hydrogens is 298 g/mol. The first kappa shape index (κ1) is 15.5. The van der Waals surface area contributed by atoms with Gasteiger partial charge in [-0.1, -0.05) is 26.7 Å². The summed E-state index contributed by atoms with van der Waals surface area (Å²) in [6.45, 7) is 4.22. The Morgan fingerprint density at radius 2 is 2.18 bits per heavy atom. The molecule has 2 aromatic heterocycles. The van der Waals surface area contributed by atoms with E-state index in [1.165, 1.54) is 11.3 Å². The molecule has 1 fully saturated rings. The van der Waals surface area contributed by atoms with Gasteiger partial charge in [-0.05, 0) is 24.8 Å². The number of nitrogens with one attached hydrogen (secondary N) is 1. The second kappa shape index (κ2) is 6.01. The lowest BCUT2D eigenvalue weighted by atomic mass is 9.92. The number of amides is 1. The third kappa shape index (κ3) is 2.77. The Labute approximate surface area is 134 Å². The fourth-order valence-corrected chi connectivity index (χ4v) is 4.11. The summed E-state index contributed by atoms with van der Waals surface area (Å²) in [4.78, 5) is 14.2. The Hall–Kier alpha value is -1.40. The zero-order valence-electron chi connectivity index (χ0n) is 13.3. The molecule has 120 valence electrons. The van der Waals surface area contributed by atoms with Gasteiger partial charge in [0.25, 0.3) is 5.91 Å². The first-order valence-corrected chi connectivity index (χ1v) is 8.74. The Balaban J connectivity index is 1.83. The number of thiophene rings is 1. The van der Waals surface area contributed by atoms with Crippen LogP contribution >= 0.6 is 11.3 Å². The lowest BCUT2D eigenvalue weighted by Gasteiger charge is -2.28. The zero-order chi connectivity index (χ0) is 15.9. The van der Waals surface area contributed by atoms with Gasteiger partial charge >= 0.3 is 0 Å². The van der Waals surface area contributed by atoms with Crippen molar-refractivity contribution in [3.8, 4) is 0 Å². The highest BCUT2D eigenvalue weighted by Gasteiger charge is 2.26. The molecule has 6 heteroatoms. The van der Waals surface area contributed by atoms with E-state index in [0.717, 1.165) is 41.6 Å². The molecule has 0 bridgehead atoms. The lowest BCUT2D eigenvalue weighted by Crippen LogP contribution is -2.44. The molecule has 5 nitrogen and oxygen atoms in total. The van der Waals surface area contributed by atoms with Crippen LogP contribution in [-0.2, 0) is 7.05 Å². The molecule has 0 radical (unpaired) electrons. The molecule has 2 heterocycles. The van der Waals surface area contributed by atoms with Crippen LogP contribution in [0.15, 0.2) is 6.07 Å². The van der Waals surface area contributed by atoms with Gasteiger partial charge in [0, 0.05) is 12.4 Å². The SMILES string of the molecule is CC(C)c1nn(C)c2sc(C(=O)N[C@H]3CCCC[C@@H]3O)cc12. The summed E-state index contributed by atoms with van der Waals surface area (Å²) in [5.41, 5.74) is 1.03. The van der Waals surface area contributed by atoms with E-state index in [2.05, 4.69) is 24.3 Å². The van der Waals surface area contributed by atoms with Crippen LogP contribution in [0, 0.1) is 0 Å². The fraction of sp³-hybridized carbons (Fsp3) is 0.625. The number of hydrogen-bond acceptors (Lipinski definition) is 4. The number of aliphatic hydroxyl groups is 1. The molecule has 1 aliphatic carbocycles.